The summed E-state index contributed by atoms with van der Waals surface area (Å²) in [5, 5.41) is 11.0. The van der Waals surface area contributed by atoms with Gasteiger partial charge in [0, 0.05) is 60.1 Å². The van der Waals surface area contributed by atoms with Crippen molar-refractivity contribution in [3.05, 3.63) is 198 Å². The summed E-state index contributed by atoms with van der Waals surface area (Å²) in [6.45, 7) is 3.99. The molecule has 0 bridgehead atoms. The van der Waals surface area contributed by atoms with Crippen molar-refractivity contribution in [2.75, 3.05) is 13.1 Å². The molecule has 6 aromatic rings. The molecule has 0 atom stereocenters. The molecule has 18 heteroatoms. The topological polar surface area (TPSA) is 160 Å². The van der Waals surface area contributed by atoms with Gasteiger partial charge in [0.15, 0.2) is 0 Å². The predicted molar refractivity (Wildman–Crippen MR) is 242 cm³/mol. The Morgan fingerprint density at radius 2 is 0.824 bits per heavy atom. The van der Waals surface area contributed by atoms with Gasteiger partial charge in [-0.1, -0.05) is 49.2 Å². The normalized spacial score (nSPS) is 11.5. The van der Waals surface area contributed by atoms with Crippen LogP contribution in [0.25, 0.3) is 11.4 Å². The molecule has 0 aliphatic carbocycles. The monoisotopic (exact) mass is 940 g/mol. The van der Waals surface area contributed by atoms with Gasteiger partial charge in [-0.2, -0.15) is 26.3 Å². The van der Waals surface area contributed by atoms with Crippen LogP contribution in [-0.2, 0) is 25.4 Å². The molecule has 354 valence electrons. The van der Waals surface area contributed by atoms with E-state index in [0.717, 1.165) is 46.2 Å². The number of pyridine rings is 2. The molecule has 0 radical (unpaired) electrons. The standard InChI is InChI=1S/C50H46F6N6O6/c1-31-13-23-41(47(67)61(31)39-11-7-9-37(27-39)49(51,52)53)45(65)59-29-33-15-19-35(20-16-33)43(63)57-25-5-3-4-6-26-58-44(64)36-21-17-34(18-22-36)30-60-46(66)42-24-14-32(2)62(48(42)68)40-12-8-10-38(28-40)50(54,55)56/h7-24,27-28H,3-6,25-26,29-30H2,1-2H3,(H,57,63)(H,58,64)(H,59,65)(H,60,66). The van der Waals surface area contributed by atoms with Crippen LogP contribution in [0, 0.1) is 13.8 Å². The quantitative estimate of drug-likeness (QED) is 0.0533. The number of unbranched alkanes of at least 4 members (excludes halogenated alkanes) is 3. The minimum absolute atomic E-state index is 0.0235. The van der Waals surface area contributed by atoms with Crippen LogP contribution >= 0.6 is 0 Å². The number of aryl methyl sites for hydroxylation is 2. The van der Waals surface area contributed by atoms with Gasteiger partial charge in [0.2, 0.25) is 0 Å². The Labute approximate surface area is 386 Å². The lowest BCUT2D eigenvalue weighted by Gasteiger charge is -2.14. The lowest BCUT2D eigenvalue weighted by Crippen LogP contribution is -2.33. The summed E-state index contributed by atoms with van der Waals surface area (Å²) in [6.07, 6.45) is -6.23. The summed E-state index contributed by atoms with van der Waals surface area (Å²) in [6, 6.07) is 27.1. The smallest absolute Gasteiger partial charge is 0.352 e. The summed E-state index contributed by atoms with van der Waals surface area (Å²) in [7, 11) is 0. The maximum Gasteiger partial charge on any atom is 0.416 e. The molecule has 4 amide bonds. The number of alkyl halides is 6. The van der Waals surface area contributed by atoms with Crippen molar-refractivity contribution in [3.63, 3.8) is 0 Å². The summed E-state index contributed by atoms with van der Waals surface area (Å²) in [4.78, 5) is 77.8. The summed E-state index contributed by atoms with van der Waals surface area (Å²) >= 11 is 0. The third kappa shape index (κ3) is 12.6. The highest BCUT2D eigenvalue weighted by atomic mass is 19.4. The zero-order chi connectivity index (χ0) is 49.2. The fourth-order valence-corrected chi connectivity index (χ4v) is 7.21. The molecule has 0 fully saturated rings. The van der Waals surface area contributed by atoms with E-state index in [9.17, 15) is 55.1 Å². The van der Waals surface area contributed by atoms with Crippen LogP contribution in [0.2, 0.25) is 0 Å². The van der Waals surface area contributed by atoms with Crippen molar-refractivity contribution in [2.45, 2.75) is 65.0 Å². The number of nitrogens with one attached hydrogen (secondary N) is 4. The fourth-order valence-electron chi connectivity index (χ4n) is 7.21. The lowest BCUT2D eigenvalue weighted by molar-refractivity contribution is -0.138. The van der Waals surface area contributed by atoms with E-state index in [2.05, 4.69) is 21.3 Å². The highest BCUT2D eigenvalue weighted by molar-refractivity contribution is 5.96. The first-order valence-corrected chi connectivity index (χ1v) is 21.4. The molecule has 12 nitrogen and oxygen atoms in total. The number of carbonyl (C=O) groups is 4. The average Bonchev–Trinajstić information content (AvgIpc) is 3.30. The van der Waals surface area contributed by atoms with Crippen LogP contribution in [-0.4, -0.2) is 45.9 Å². The van der Waals surface area contributed by atoms with Gasteiger partial charge in [-0.25, -0.2) is 0 Å². The number of halogens is 6. The molecule has 0 aliphatic rings. The first-order valence-electron chi connectivity index (χ1n) is 21.4. The molecular formula is C50H46F6N6O6. The third-order valence-corrected chi connectivity index (χ3v) is 10.9. The molecular weight excluding hydrogens is 895 g/mol. The number of hydrogen-bond acceptors (Lipinski definition) is 6. The Bertz CT molecular complexity index is 2730. The maximum atomic E-state index is 13.3. The summed E-state index contributed by atoms with van der Waals surface area (Å²) in [5.41, 5.74) is -1.17. The number of hydrogen-bond donors (Lipinski definition) is 4. The molecule has 4 aromatic carbocycles. The summed E-state index contributed by atoms with van der Waals surface area (Å²) < 4.78 is 81.9. The van der Waals surface area contributed by atoms with E-state index in [-0.39, 0.29) is 47.4 Å². The van der Waals surface area contributed by atoms with Crippen molar-refractivity contribution in [1.82, 2.24) is 30.4 Å². The van der Waals surface area contributed by atoms with Gasteiger partial charge in [-0.15, -0.1) is 0 Å². The van der Waals surface area contributed by atoms with Crippen LogP contribution in [0.3, 0.4) is 0 Å². The molecule has 2 heterocycles. The van der Waals surface area contributed by atoms with Gasteiger partial charge in [0.05, 0.1) is 11.1 Å². The molecule has 6 rings (SSSR count). The van der Waals surface area contributed by atoms with Gasteiger partial charge in [-0.05, 0) is 123 Å². The Balaban J connectivity index is 0.869. The zero-order valence-corrected chi connectivity index (χ0v) is 36.8. The Kier molecular flexibility index (Phi) is 15.8. The van der Waals surface area contributed by atoms with E-state index < -0.39 is 46.4 Å². The van der Waals surface area contributed by atoms with Gasteiger partial charge >= 0.3 is 12.4 Å². The largest absolute Gasteiger partial charge is 0.416 e. The molecule has 0 unspecified atom stereocenters. The highest BCUT2D eigenvalue weighted by Gasteiger charge is 2.32. The van der Waals surface area contributed by atoms with Crippen LogP contribution in [0.4, 0.5) is 26.3 Å². The van der Waals surface area contributed by atoms with Crippen molar-refractivity contribution in [1.29, 1.82) is 0 Å². The average molecular weight is 941 g/mol. The zero-order valence-electron chi connectivity index (χ0n) is 36.8. The number of aromatic nitrogens is 2. The molecule has 68 heavy (non-hydrogen) atoms. The van der Waals surface area contributed by atoms with Crippen molar-refractivity contribution < 1.29 is 45.5 Å². The van der Waals surface area contributed by atoms with Gasteiger partial charge in [0.1, 0.15) is 11.1 Å². The molecule has 4 N–H and O–H groups in total. The third-order valence-electron chi connectivity index (χ3n) is 10.9. The van der Waals surface area contributed by atoms with Crippen LogP contribution < -0.4 is 32.4 Å². The number of amides is 4. The molecule has 0 aliphatic heterocycles. The Morgan fingerprint density at radius 3 is 1.18 bits per heavy atom. The molecule has 0 saturated carbocycles. The predicted octanol–water partition coefficient (Wildman–Crippen LogP) is 8.22. The van der Waals surface area contributed by atoms with E-state index in [0.29, 0.717) is 59.6 Å². The van der Waals surface area contributed by atoms with Crippen molar-refractivity contribution in [2.24, 2.45) is 0 Å². The second kappa shape index (κ2) is 21.7. The highest BCUT2D eigenvalue weighted by Crippen LogP contribution is 2.31. The Hall–Kier alpha value is -7.76. The van der Waals surface area contributed by atoms with Crippen LogP contribution in [0.5, 0.6) is 0 Å². The molecule has 0 spiro atoms. The van der Waals surface area contributed by atoms with Gasteiger partial charge in [0.25, 0.3) is 34.7 Å². The van der Waals surface area contributed by atoms with Crippen molar-refractivity contribution in [3.8, 4) is 11.4 Å². The van der Waals surface area contributed by atoms with Crippen LogP contribution in [0.15, 0.2) is 131 Å². The van der Waals surface area contributed by atoms with Gasteiger partial charge < -0.3 is 21.3 Å². The van der Waals surface area contributed by atoms with E-state index in [1.54, 1.807) is 62.4 Å². The lowest BCUT2D eigenvalue weighted by atomic mass is 10.1. The first-order chi connectivity index (χ1) is 32.3. The van der Waals surface area contributed by atoms with Crippen LogP contribution in [0.1, 0.15) is 101 Å². The fraction of sp³-hybridized carbons (Fsp3) is 0.240. The second-order valence-electron chi connectivity index (χ2n) is 15.8. The maximum absolute atomic E-state index is 13.3. The van der Waals surface area contributed by atoms with Crippen molar-refractivity contribution >= 4 is 23.6 Å². The minimum atomic E-state index is -4.61. The number of benzene rings is 4. The van der Waals surface area contributed by atoms with E-state index in [1.165, 1.54) is 48.5 Å². The minimum Gasteiger partial charge on any atom is -0.352 e. The van der Waals surface area contributed by atoms with E-state index >= 15 is 0 Å². The number of rotatable bonds is 17. The van der Waals surface area contributed by atoms with Gasteiger partial charge in [-0.3, -0.25) is 37.9 Å². The second-order valence-corrected chi connectivity index (χ2v) is 15.8. The molecule has 0 saturated heterocycles. The SMILES string of the molecule is Cc1ccc(C(=O)NCc2ccc(C(=O)NCCCCCCNC(=O)c3ccc(CNC(=O)c4ccc(C)n(-c5cccc(C(F)(F)F)c5)c4=O)cc3)cc2)c(=O)n1-c1cccc(C(F)(F)F)c1. The Morgan fingerprint density at radius 1 is 0.456 bits per heavy atom. The number of nitrogens with zero attached hydrogens (tertiary/aromatic N) is 2. The van der Waals surface area contributed by atoms with E-state index in [4.69, 9.17) is 0 Å². The van der Waals surface area contributed by atoms with E-state index in [1.807, 2.05) is 0 Å². The molecule has 2 aromatic heterocycles. The summed E-state index contributed by atoms with van der Waals surface area (Å²) in [5.74, 6) is -2.00. The first kappa shape index (κ1) is 49.7. The number of carbonyl (C=O) groups excluding carboxylic acids is 4.